The van der Waals surface area contributed by atoms with Crippen LogP contribution in [-0.4, -0.2) is 36.8 Å². The van der Waals surface area contributed by atoms with E-state index >= 15 is 0 Å². The second-order valence-electron chi connectivity index (χ2n) is 2.86. The van der Waals surface area contributed by atoms with Crippen LogP contribution in [0.1, 0.15) is 19.8 Å². The van der Waals surface area contributed by atoms with Crippen molar-refractivity contribution in [3.05, 3.63) is 0 Å². The van der Waals surface area contributed by atoms with E-state index in [1.54, 1.807) is 0 Å². The molecule has 64 valence electrons. The lowest BCUT2D eigenvalue weighted by Gasteiger charge is -2.02. The Morgan fingerprint density at radius 2 is 2.09 bits per heavy atom. The number of rotatable bonds is 3. The number of hydrogen-bond acceptors (Lipinski definition) is 2. The Bertz CT molecular complexity index is 143. The van der Waals surface area contributed by atoms with Crippen LogP contribution in [0.25, 0.3) is 0 Å². The molecule has 0 aromatic heterocycles. The van der Waals surface area contributed by atoms with E-state index in [-0.39, 0.29) is 0 Å². The van der Waals surface area contributed by atoms with Gasteiger partial charge in [-0.3, -0.25) is 4.90 Å². The van der Waals surface area contributed by atoms with Crippen molar-refractivity contribution in [3.8, 4) is 11.8 Å². The van der Waals surface area contributed by atoms with Gasteiger partial charge in [-0.05, 0) is 20.5 Å². The van der Waals surface area contributed by atoms with Crippen molar-refractivity contribution in [2.24, 2.45) is 0 Å². The second kappa shape index (κ2) is 6.21. The molecule has 1 N–H and O–H groups in total. The molecule has 1 atom stereocenters. The molecular formula is C9H17NO. The molecule has 0 aliphatic heterocycles. The van der Waals surface area contributed by atoms with Crippen molar-refractivity contribution in [1.82, 2.24) is 4.90 Å². The average molecular weight is 155 g/mol. The van der Waals surface area contributed by atoms with Crippen molar-refractivity contribution in [2.45, 2.75) is 25.9 Å². The first kappa shape index (κ1) is 10.5. The molecule has 2 heteroatoms. The summed E-state index contributed by atoms with van der Waals surface area (Å²) in [4.78, 5) is 1.98. The van der Waals surface area contributed by atoms with Gasteiger partial charge in [-0.25, -0.2) is 0 Å². The van der Waals surface area contributed by atoms with Gasteiger partial charge in [0.1, 0.15) is 6.10 Å². The van der Waals surface area contributed by atoms with E-state index < -0.39 is 6.10 Å². The fourth-order valence-electron chi connectivity index (χ4n) is 0.667. The van der Waals surface area contributed by atoms with Crippen LogP contribution in [0, 0.1) is 11.8 Å². The summed E-state index contributed by atoms with van der Waals surface area (Å²) in [5, 5.41) is 9.17. The SMILES string of the molecule is CCC[C@@H](O)C#CCN(C)C. The second-order valence-corrected chi connectivity index (χ2v) is 2.86. The fraction of sp³-hybridized carbons (Fsp3) is 0.778. The molecule has 0 bridgehead atoms. The first-order valence-electron chi connectivity index (χ1n) is 3.98. The highest BCUT2D eigenvalue weighted by molar-refractivity contribution is 5.05. The highest BCUT2D eigenvalue weighted by atomic mass is 16.3. The summed E-state index contributed by atoms with van der Waals surface area (Å²) in [5.74, 6) is 5.67. The average Bonchev–Trinajstić information content (AvgIpc) is 1.87. The summed E-state index contributed by atoms with van der Waals surface area (Å²) in [5.41, 5.74) is 0. The van der Waals surface area contributed by atoms with Crippen molar-refractivity contribution >= 4 is 0 Å². The maximum atomic E-state index is 9.17. The molecule has 0 saturated carbocycles. The molecule has 2 nitrogen and oxygen atoms in total. The summed E-state index contributed by atoms with van der Waals surface area (Å²) >= 11 is 0. The number of hydrogen-bond donors (Lipinski definition) is 1. The van der Waals surface area contributed by atoms with Crippen LogP contribution in [0.2, 0.25) is 0 Å². The fourth-order valence-corrected chi connectivity index (χ4v) is 0.667. The molecule has 0 radical (unpaired) electrons. The minimum absolute atomic E-state index is 0.431. The van der Waals surface area contributed by atoms with E-state index in [1.807, 2.05) is 25.9 Å². The first-order valence-corrected chi connectivity index (χ1v) is 3.98. The number of aliphatic hydroxyl groups excluding tert-OH is 1. The van der Waals surface area contributed by atoms with Crippen LogP contribution in [-0.2, 0) is 0 Å². The zero-order chi connectivity index (χ0) is 8.69. The third-order valence-electron chi connectivity index (χ3n) is 1.23. The molecule has 0 aliphatic rings. The zero-order valence-corrected chi connectivity index (χ0v) is 7.59. The third-order valence-corrected chi connectivity index (χ3v) is 1.23. The van der Waals surface area contributed by atoms with Gasteiger partial charge >= 0.3 is 0 Å². The van der Waals surface area contributed by atoms with Crippen LogP contribution in [0.5, 0.6) is 0 Å². The molecule has 0 unspecified atom stereocenters. The molecule has 0 spiro atoms. The predicted molar refractivity (Wildman–Crippen MR) is 47.2 cm³/mol. The molecule has 0 aromatic carbocycles. The van der Waals surface area contributed by atoms with Crippen LogP contribution >= 0.6 is 0 Å². The summed E-state index contributed by atoms with van der Waals surface area (Å²) in [7, 11) is 3.92. The van der Waals surface area contributed by atoms with Gasteiger partial charge < -0.3 is 5.11 Å². The Balaban J connectivity index is 3.51. The topological polar surface area (TPSA) is 23.5 Å². The molecule has 0 saturated heterocycles. The maximum absolute atomic E-state index is 9.17. The molecule has 0 aromatic rings. The van der Waals surface area contributed by atoms with E-state index in [0.29, 0.717) is 0 Å². The molecule has 0 rings (SSSR count). The lowest BCUT2D eigenvalue weighted by atomic mass is 10.2. The Morgan fingerprint density at radius 3 is 2.55 bits per heavy atom. The van der Waals surface area contributed by atoms with Gasteiger partial charge in [-0.15, -0.1) is 0 Å². The minimum atomic E-state index is -0.431. The lowest BCUT2D eigenvalue weighted by Crippen LogP contribution is -2.11. The summed E-state index contributed by atoms with van der Waals surface area (Å²) < 4.78 is 0. The van der Waals surface area contributed by atoms with E-state index in [0.717, 1.165) is 19.4 Å². The Morgan fingerprint density at radius 1 is 1.45 bits per heavy atom. The van der Waals surface area contributed by atoms with Crippen molar-refractivity contribution < 1.29 is 5.11 Å². The molecule has 0 fully saturated rings. The smallest absolute Gasteiger partial charge is 0.114 e. The maximum Gasteiger partial charge on any atom is 0.114 e. The summed E-state index contributed by atoms with van der Waals surface area (Å²) in [6.45, 7) is 2.76. The highest BCUT2D eigenvalue weighted by Crippen LogP contribution is 1.92. The van der Waals surface area contributed by atoms with Gasteiger partial charge in [0.15, 0.2) is 0 Å². The van der Waals surface area contributed by atoms with Crippen molar-refractivity contribution in [2.75, 3.05) is 20.6 Å². The van der Waals surface area contributed by atoms with Gasteiger partial charge in [-0.2, -0.15) is 0 Å². The normalized spacial score (nSPS) is 12.5. The van der Waals surface area contributed by atoms with Crippen LogP contribution < -0.4 is 0 Å². The summed E-state index contributed by atoms with van der Waals surface area (Å²) in [6.07, 6.45) is 1.33. The monoisotopic (exact) mass is 155 g/mol. The van der Waals surface area contributed by atoms with Gasteiger partial charge in [0.2, 0.25) is 0 Å². The lowest BCUT2D eigenvalue weighted by molar-refractivity contribution is 0.220. The van der Waals surface area contributed by atoms with Gasteiger partial charge in [0.25, 0.3) is 0 Å². The van der Waals surface area contributed by atoms with Crippen LogP contribution in [0.4, 0.5) is 0 Å². The Labute approximate surface area is 69.2 Å². The third kappa shape index (κ3) is 7.38. The number of nitrogens with zero attached hydrogens (tertiary/aromatic N) is 1. The number of aliphatic hydroxyl groups is 1. The summed E-state index contributed by atoms with van der Waals surface area (Å²) in [6, 6.07) is 0. The van der Waals surface area contributed by atoms with Gasteiger partial charge in [0, 0.05) is 0 Å². The highest BCUT2D eigenvalue weighted by Gasteiger charge is 1.93. The Hall–Kier alpha value is -0.520. The van der Waals surface area contributed by atoms with E-state index in [1.165, 1.54) is 0 Å². The molecule has 0 amide bonds. The molecule has 0 aliphatic carbocycles. The van der Waals surface area contributed by atoms with Gasteiger partial charge in [0.05, 0.1) is 6.54 Å². The largest absolute Gasteiger partial charge is 0.380 e. The van der Waals surface area contributed by atoms with Gasteiger partial charge in [-0.1, -0.05) is 25.2 Å². The van der Waals surface area contributed by atoms with E-state index in [4.69, 9.17) is 5.11 Å². The minimum Gasteiger partial charge on any atom is -0.380 e. The zero-order valence-electron chi connectivity index (χ0n) is 7.59. The van der Waals surface area contributed by atoms with Crippen LogP contribution in [0.15, 0.2) is 0 Å². The first-order chi connectivity index (χ1) is 5.16. The van der Waals surface area contributed by atoms with E-state index in [9.17, 15) is 0 Å². The van der Waals surface area contributed by atoms with Crippen LogP contribution in [0.3, 0.4) is 0 Å². The van der Waals surface area contributed by atoms with E-state index in [2.05, 4.69) is 11.8 Å². The molecular weight excluding hydrogens is 138 g/mol. The standard InChI is InChI=1S/C9H17NO/c1-4-6-9(11)7-5-8-10(2)3/h9,11H,4,6,8H2,1-3H3/t9-/m1/s1. The molecule has 0 heterocycles. The quantitative estimate of drug-likeness (QED) is 0.607. The van der Waals surface area contributed by atoms with Crippen molar-refractivity contribution in [3.63, 3.8) is 0 Å². The molecule has 11 heavy (non-hydrogen) atoms. The van der Waals surface area contributed by atoms with Crippen molar-refractivity contribution in [1.29, 1.82) is 0 Å². The Kier molecular flexibility index (Phi) is 5.91. The predicted octanol–water partition coefficient (Wildman–Crippen LogP) is 0.712.